The minimum absolute atomic E-state index is 0.576. The van der Waals surface area contributed by atoms with Gasteiger partial charge in [0.15, 0.2) is 0 Å². The lowest BCUT2D eigenvalue weighted by Gasteiger charge is -2.24. The fourth-order valence-electron chi connectivity index (χ4n) is 1.91. The topological polar surface area (TPSA) is 66.4 Å². The van der Waals surface area contributed by atoms with Crippen LogP contribution in [0.25, 0.3) is 0 Å². The van der Waals surface area contributed by atoms with E-state index in [0.717, 1.165) is 25.7 Å². The molecule has 0 aromatic rings. The molecule has 1 saturated carbocycles. The van der Waals surface area contributed by atoms with Crippen molar-refractivity contribution in [3.05, 3.63) is 0 Å². The molecule has 6 heteroatoms. The van der Waals surface area contributed by atoms with Crippen LogP contribution in [0.1, 0.15) is 45.4 Å². The number of halogens is 2. The van der Waals surface area contributed by atoms with Gasteiger partial charge in [0.05, 0.1) is 6.42 Å². The van der Waals surface area contributed by atoms with Crippen LogP contribution in [0.5, 0.6) is 0 Å². The van der Waals surface area contributed by atoms with Crippen molar-refractivity contribution in [3.63, 3.8) is 0 Å². The maximum absolute atomic E-state index is 12.6. The van der Waals surface area contributed by atoms with Gasteiger partial charge in [-0.1, -0.05) is 0 Å². The Morgan fingerprint density at radius 1 is 1.35 bits per heavy atom. The minimum atomic E-state index is -3.98. The van der Waals surface area contributed by atoms with Gasteiger partial charge in [0.2, 0.25) is 0 Å². The number of carbonyl (C=O) groups excluding carboxylic acids is 2. The normalized spacial score (nSPS) is 19.0. The van der Waals surface area contributed by atoms with E-state index < -0.39 is 36.3 Å². The Labute approximate surface area is 97.9 Å². The summed E-state index contributed by atoms with van der Waals surface area (Å²) in [6.45, 7) is 1.76. The number of carboxylic acid groups (broad SMARTS) is 1. The number of alkyl halides is 2. The second-order valence-corrected chi connectivity index (χ2v) is 4.62. The molecule has 0 radical (unpaired) electrons. The van der Waals surface area contributed by atoms with Crippen molar-refractivity contribution in [3.8, 4) is 0 Å². The molecular weight excluding hydrogens is 234 g/mol. The molecule has 0 saturated heterocycles. The second kappa shape index (κ2) is 4.98. The van der Waals surface area contributed by atoms with E-state index in [2.05, 4.69) is 0 Å². The summed E-state index contributed by atoms with van der Waals surface area (Å²) < 4.78 is 30.4. The summed E-state index contributed by atoms with van der Waals surface area (Å²) in [7, 11) is 0. The SMILES string of the molecule is CC1(OC(=O)CCC(F)(F)C(=O)[O-])CCCC1. The van der Waals surface area contributed by atoms with Gasteiger partial charge in [-0.25, -0.2) is 0 Å². The lowest BCUT2D eigenvalue weighted by atomic mass is 10.1. The summed E-state index contributed by atoms with van der Waals surface area (Å²) in [5.74, 6) is -7.22. The van der Waals surface area contributed by atoms with Crippen LogP contribution in [0, 0.1) is 0 Å². The maximum Gasteiger partial charge on any atom is 0.306 e. The van der Waals surface area contributed by atoms with Crippen molar-refractivity contribution >= 4 is 11.9 Å². The molecule has 0 bridgehead atoms. The van der Waals surface area contributed by atoms with Crippen LogP contribution in [-0.2, 0) is 14.3 Å². The third-order valence-electron chi connectivity index (χ3n) is 2.96. The van der Waals surface area contributed by atoms with Crippen molar-refractivity contribution in [1.29, 1.82) is 0 Å². The number of hydrogen-bond acceptors (Lipinski definition) is 4. The van der Waals surface area contributed by atoms with Crippen LogP contribution < -0.4 is 5.11 Å². The lowest BCUT2D eigenvalue weighted by Crippen LogP contribution is -2.42. The molecule has 0 amide bonds. The van der Waals surface area contributed by atoms with E-state index in [4.69, 9.17) is 4.74 Å². The van der Waals surface area contributed by atoms with Crippen LogP contribution in [0.15, 0.2) is 0 Å². The van der Waals surface area contributed by atoms with E-state index >= 15 is 0 Å². The zero-order valence-electron chi connectivity index (χ0n) is 9.63. The highest BCUT2D eigenvalue weighted by molar-refractivity contribution is 5.75. The maximum atomic E-state index is 12.6. The standard InChI is InChI=1S/C11H16F2O4/c1-10(5-2-3-6-10)17-8(14)4-7-11(12,13)9(15)16/h2-7H2,1H3,(H,15,16)/p-1. The molecule has 1 aliphatic rings. The average Bonchev–Trinajstić information content (AvgIpc) is 2.62. The third-order valence-corrected chi connectivity index (χ3v) is 2.96. The first-order valence-corrected chi connectivity index (χ1v) is 5.56. The van der Waals surface area contributed by atoms with Crippen LogP contribution in [0.3, 0.4) is 0 Å². The fourth-order valence-corrected chi connectivity index (χ4v) is 1.91. The first-order chi connectivity index (χ1) is 7.75. The zero-order valence-corrected chi connectivity index (χ0v) is 9.63. The first-order valence-electron chi connectivity index (χ1n) is 5.56. The molecule has 1 rings (SSSR count). The third kappa shape index (κ3) is 3.94. The van der Waals surface area contributed by atoms with Gasteiger partial charge in [0.1, 0.15) is 11.6 Å². The van der Waals surface area contributed by atoms with Crippen molar-refractivity contribution in [1.82, 2.24) is 0 Å². The summed E-state index contributed by atoms with van der Waals surface area (Å²) >= 11 is 0. The Morgan fingerprint density at radius 2 is 1.88 bits per heavy atom. The van der Waals surface area contributed by atoms with Gasteiger partial charge < -0.3 is 14.6 Å². The van der Waals surface area contributed by atoms with E-state index in [9.17, 15) is 23.5 Å². The fraction of sp³-hybridized carbons (Fsp3) is 0.818. The van der Waals surface area contributed by atoms with Gasteiger partial charge in [-0.15, -0.1) is 0 Å². The summed E-state index contributed by atoms with van der Waals surface area (Å²) in [6.07, 6.45) is 1.63. The minimum Gasteiger partial charge on any atom is -0.544 e. The molecule has 0 heterocycles. The van der Waals surface area contributed by atoms with E-state index in [1.165, 1.54) is 0 Å². The predicted octanol–water partition coefficient (Wildman–Crippen LogP) is 1.03. The number of esters is 1. The first kappa shape index (κ1) is 13.9. The van der Waals surface area contributed by atoms with E-state index in [1.807, 2.05) is 0 Å². The molecule has 0 atom stereocenters. The Bertz CT molecular complexity index is 309. The van der Waals surface area contributed by atoms with Gasteiger partial charge in [-0.2, -0.15) is 8.78 Å². The molecule has 4 nitrogen and oxygen atoms in total. The molecule has 0 aliphatic heterocycles. The van der Waals surface area contributed by atoms with E-state index in [0.29, 0.717) is 0 Å². The molecule has 1 aliphatic carbocycles. The molecule has 0 spiro atoms. The highest BCUT2D eigenvalue weighted by Crippen LogP contribution is 2.33. The molecule has 0 aromatic heterocycles. The zero-order chi connectivity index (χ0) is 13.1. The summed E-state index contributed by atoms with van der Waals surface area (Å²) in [5, 5.41) is 10.0. The van der Waals surface area contributed by atoms with Gasteiger partial charge in [0, 0.05) is 6.42 Å². The van der Waals surface area contributed by atoms with Gasteiger partial charge in [-0.05, 0) is 32.6 Å². The second-order valence-electron chi connectivity index (χ2n) is 4.62. The van der Waals surface area contributed by atoms with Crippen LogP contribution >= 0.6 is 0 Å². The molecule has 0 unspecified atom stereocenters. The van der Waals surface area contributed by atoms with Gasteiger partial charge in [-0.3, -0.25) is 4.79 Å². The number of carboxylic acids is 1. The quantitative estimate of drug-likeness (QED) is 0.682. The number of carbonyl (C=O) groups is 2. The largest absolute Gasteiger partial charge is 0.544 e. The molecule has 98 valence electrons. The van der Waals surface area contributed by atoms with Gasteiger partial charge >= 0.3 is 5.97 Å². The van der Waals surface area contributed by atoms with Crippen LogP contribution in [-0.4, -0.2) is 23.5 Å². The number of ether oxygens (including phenoxy) is 1. The molecule has 17 heavy (non-hydrogen) atoms. The predicted molar refractivity (Wildman–Crippen MR) is 52.2 cm³/mol. The van der Waals surface area contributed by atoms with E-state index in [1.54, 1.807) is 6.92 Å². The molecule has 1 fully saturated rings. The van der Waals surface area contributed by atoms with Crippen LogP contribution in [0.2, 0.25) is 0 Å². The van der Waals surface area contributed by atoms with Crippen molar-refractivity contribution in [2.75, 3.05) is 0 Å². The molecular formula is C11H15F2O4-. The smallest absolute Gasteiger partial charge is 0.306 e. The van der Waals surface area contributed by atoms with Gasteiger partial charge in [0.25, 0.3) is 5.92 Å². The Kier molecular flexibility index (Phi) is 4.06. The van der Waals surface area contributed by atoms with Crippen molar-refractivity contribution < 1.29 is 28.2 Å². The number of aliphatic carboxylic acids is 1. The van der Waals surface area contributed by atoms with Crippen molar-refractivity contribution in [2.45, 2.75) is 57.0 Å². The average molecular weight is 249 g/mol. The Morgan fingerprint density at radius 3 is 2.35 bits per heavy atom. The summed E-state index contributed by atoms with van der Waals surface area (Å²) in [5.41, 5.74) is -0.576. The summed E-state index contributed by atoms with van der Waals surface area (Å²) in [6, 6.07) is 0. The molecule has 0 N–H and O–H groups in total. The number of rotatable bonds is 5. The monoisotopic (exact) mass is 249 g/mol. The lowest BCUT2D eigenvalue weighted by molar-refractivity contribution is -0.329. The van der Waals surface area contributed by atoms with Crippen molar-refractivity contribution in [2.24, 2.45) is 0 Å². The van der Waals surface area contributed by atoms with Crippen LogP contribution in [0.4, 0.5) is 8.78 Å². The highest BCUT2D eigenvalue weighted by atomic mass is 19.3. The Hall–Kier alpha value is -1.20. The molecule has 0 aromatic carbocycles. The number of hydrogen-bond donors (Lipinski definition) is 0. The summed E-state index contributed by atoms with van der Waals surface area (Å²) in [4.78, 5) is 21.3. The highest BCUT2D eigenvalue weighted by Gasteiger charge is 2.35. The Balaban J connectivity index is 2.38. The van der Waals surface area contributed by atoms with E-state index in [-0.39, 0.29) is 0 Å².